The molecule has 0 aliphatic carbocycles. The minimum atomic E-state index is -0.652. The molecule has 0 fully saturated rings. The largest absolute Gasteiger partial charge is 0.466 e. The molecule has 0 N–H and O–H groups in total. The summed E-state index contributed by atoms with van der Waals surface area (Å²) in [5.41, 5.74) is 2.40. The number of methoxy groups -OCH3 is 2. The summed E-state index contributed by atoms with van der Waals surface area (Å²) in [6.07, 6.45) is 0. The van der Waals surface area contributed by atoms with Gasteiger partial charge in [0.15, 0.2) is 0 Å². The molecular formula is C17H19N5O5. The third-order valence-corrected chi connectivity index (χ3v) is 4.10. The average Bonchev–Trinajstić information content (AvgIpc) is 3.12. The van der Waals surface area contributed by atoms with Gasteiger partial charge >= 0.3 is 11.9 Å². The standard InChI is InChI=1S/C17H19N5O5/c1-10-5-6-11(15-18-20-21(2)19-15)7-13(10)22-9-27-8-12(16(23)25-3)14(22)17(24)26-4/h5-7H,8-9H2,1-4H3. The zero-order valence-corrected chi connectivity index (χ0v) is 15.4. The lowest BCUT2D eigenvalue weighted by molar-refractivity contribution is -0.140. The first-order chi connectivity index (χ1) is 13.0. The van der Waals surface area contributed by atoms with Gasteiger partial charge in [-0.3, -0.25) is 0 Å². The maximum Gasteiger partial charge on any atom is 0.355 e. The molecule has 3 rings (SSSR count). The van der Waals surface area contributed by atoms with Gasteiger partial charge in [-0.25, -0.2) is 9.59 Å². The Kier molecular flexibility index (Phi) is 5.17. The highest BCUT2D eigenvalue weighted by Gasteiger charge is 2.33. The summed E-state index contributed by atoms with van der Waals surface area (Å²) in [7, 11) is 4.17. The summed E-state index contributed by atoms with van der Waals surface area (Å²) in [5.74, 6) is -0.862. The third-order valence-electron chi connectivity index (χ3n) is 4.10. The fourth-order valence-electron chi connectivity index (χ4n) is 2.77. The van der Waals surface area contributed by atoms with E-state index in [9.17, 15) is 9.59 Å². The molecule has 2 heterocycles. The van der Waals surface area contributed by atoms with E-state index in [1.807, 2.05) is 19.1 Å². The van der Waals surface area contributed by atoms with Crippen LogP contribution in [0.2, 0.25) is 0 Å². The van der Waals surface area contributed by atoms with Crippen LogP contribution in [-0.4, -0.2) is 59.7 Å². The minimum absolute atomic E-state index is 0.0436. The lowest BCUT2D eigenvalue weighted by Crippen LogP contribution is -2.39. The van der Waals surface area contributed by atoms with Crippen LogP contribution in [0.4, 0.5) is 5.69 Å². The van der Waals surface area contributed by atoms with E-state index in [-0.39, 0.29) is 24.6 Å². The van der Waals surface area contributed by atoms with Gasteiger partial charge in [0.05, 0.1) is 33.4 Å². The van der Waals surface area contributed by atoms with Crippen molar-refractivity contribution in [3.63, 3.8) is 0 Å². The number of aromatic nitrogens is 4. The number of benzene rings is 1. The Labute approximate surface area is 155 Å². The second-order valence-electron chi connectivity index (χ2n) is 5.82. The van der Waals surface area contributed by atoms with E-state index >= 15 is 0 Å². The molecule has 1 aliphatic rings. The second kappa shape index (κ2) is 7.54. The molecule has 0 amide bonds. The molecule has 27 heavy (non-hydrogen) atoms. The van der Waals surface area contributed by atoms with E-state index in [0.717, 1.165) is 5.56 Å². The second-order valence-corrected chi connectivity index (χ2v) is 5.82. The van der Waals surface area contributed by atoms with Gasteiger partial charge in [-0.2, -0.15) is 4.80 Å². The number of anilines is 1. The van der Waals surface area contributed by atoms with Gasteiger partial charge in [-0.15, -0.1) is 10.2 Å². The van der Waals surface area contributed by atoms with Gasteiger partial charge in [0.2, 0.25) is 5.82 Å². The molecule has 0 saturated carbocycles. The quantitative estimate of drug-likeness (QED) is 0.711. The SMILES string of the molecule is COC(=O)C1=C(C(=O)OC)N(c2cc(-c3nnn(C)n3)ccc2C)COC1. The molecule has 1 aliphatic heterocycles. The number of rotatable bonds is 4. The van der Waals surface area contributed by atoms with Crippen LogP contribution in [0.25, 0.3) is 11.4 Å². The molecule has 142 valence electrons. The smallest absolute Gasteiger partial charge is 0.355 e. The normalized spacial score (nSPS) is 14.3. The van der Waals surface area contributed by atoms with Crippen molar-refractivity contribution in [2.75, 3.05) is 32.5 Å². The van der Waals surface area contributed by atoms with Crippen LogP contribution in [0.1, 0.15) is 5.56 Å². The molecule has 0 radical (unpaired) electrons. The lowest BCUT2D eigenvalue weighted by atomic mass is 10.1. The van der Waals surface area contributed by atoms with Gasteiger partial charge < -0.3 is 19.1 Å². The topological polar surface area (TPSA) is 109 Å². The average molecular weight is 373 g/mol. The van der Waals surface area contributed by atoms with Crippen molar-refractivity contribution >= 4 is 17.6 Å². The number of aryl methyl sites for hydroxylation is 2. The van der Waals surface area contributed by atoms with E-state index in [1.54, 1.807) is 18.0 Å². The predicted molar refractivity (Wildman–Crippen MR) is 93.3 cm³/mol. The monoisotopic (exact) mass is 373 g/mol. The lowest BCUT2D eigenvalue weighted by Gasteiger charge is -2.32. The highest BCUT2D eigenvalue weighted by Crippen LogP contribution is 2.32. The first-order valence-corrected chi connectivity index (χ1v) is 8.06. The Morgan fingerprint density at radius 2 is 1.93 bits per heavy atom. The zero-order valence-electron chi connectivity index (χ0n) is 15.4. The van der Waals surface area contributed by atoms with Crippen molar-refractivity contribution in [1.82, 2.24) is 20.2 Å². The predicted octanol–water partition coefficient (Wildman–Crippen LogP) is 0.580. The van der Waals surface area contributed by atoms with Crippen LogP contribution in [0.3, 0.4) is 0 Å². The molecule has 10 nitrogen and oxygen atoms in total. The van der Waals surface area contributed by atoms with Crippen molar-refractivity contribution in [3.05, 3.63) is 35.0 Å². The zero-order chi connectivity index (χ0) is 19.6. The van der Waals surface area contributed by atoms with Crippen molar-refractivity contribution in [1.29, 1.82) is 0 Å². The van der Waals surface area contributed by atoms with Gasteiger partial charge in [-0.1, -0.05) is 12.1 Å². The van der Waals surface area contributed by atoms with Gasteiger partial charge in [0.1, 0.15) is 12.4 Å². The van der Waals surface area contributed by atoms with Crippen molar-refractivity contribution in [3.8, 4) is 11.4 Å². The first-order valence-electron chi connectivity index (χ1n) is 8.06. The molecule has 0 spiro atoms. The number of carbonyl (C=O) groups is 2. The Morgan fingerprint density at radius 3 is 2.56 bits per heavy atom. The molecule has 2 aromatic rings. The van der Waals surface area contributed by atoms with Gasteiger partial charge in [-0.05, 0) is 23.8 Å². The Bertz CT molecular complexity index is 920. The number of carbonyl (C=O) groups excluding carboxylic acids is 2. The van der Waals surface area contributed by atoms with E-state index in [4.69, 9.17) is 14.2 Å². The third kappa shape index (κ3) is 3.51. The fraction of sp³-hybridized carbons (Fsp3) is 0.353. The number of hydrogen-bond donors (Lipinski definition) is 0. The summed E-state index contributed by atoms with van der Waals surface area (Å²) in [4.78, 5) is 27.5. The highest BCUT2D eigenvalue weighted by atomic mass is 16.5. The molecule has 1 aromatic heterocycles. The van der Waals surface area contributed by atoms with Crippen LogP contribution in [0, 0.1) is 6.92 Å². The fourth-order valence-corrected chi connectivity index (χ4v) is 2.77. The maximum atomic E-state index is 12.4. The summed E-state index contributed by atoms with van der Waals surface area (Å²) >= 11 is 0. The molecular weight excluding hydrogens is 354 g/mol. The van der Waals surface area contributed by atoms with E-state index in [2.05, 4.69) is 15.4 Å². The highest BCUT2D eigenvalue weighted by molar-refractivity contribution is 6.03. The Hall–Kier alpha value is -3.27. The molecule has 0 bridgehead atoms. The van der Waals surface area contributed by atoms with E-state index in [1.165, 1.54) is 19.0 Å². The number of nitrogens with zero attached hydrogens (tertiary/aromatic N) is 5. The molecule has 10 heteroatoms. The van der Waals surface area contributed by atoms with Crippen molar-refractivity contribution < 1.29 is 23.8 Å². The van der Waals surface area contributed by atoms with E-state index in [0.29, 0.717) is 17.1 Å². The van der Waals surface area contributed by atoms with Gasteiger partial charge in [0.25, 0.3) is 0 Å². The molecule has 0 unspecified atom stereocenters. The van der Waals surface area contributed by atoms with Crippen LogP contribution in [0.5, 0.6) is 0 Å². The van der Waals surface area contributed by atoms with Crippen LogP contribution >= 0.6 is 0 Å². The Morgan fingerprint density at radius 1 is 1.19 bits per heavy atom. The van der Waals surface area contributed by atoms with Crippen molar-refractivity contribution in [2.45, 2.75) is 6.92 Å². The van der Waals surface area contributed by atoms with Crippen LogP contribution < -0.4 is 4.90 Å². The Balaban J connectivity index is 2.13. The maximum absolute atomic E-state index is 12.4. The molecule has 1 aromatic carbocycles. The van der Waals surface area contributed by atoms with Crippen molar-refractivity contribution in [2.24, 2.45) is 7.05 Å². The summed E-state index contributed by atoms with van der Waals surface area (Å²) in [6.45, 7) is 1.91. The number of hydrogen-bond acceptors (Lipinski definition) is 9. The molecule has 0 atom stereocenters. The van der Waals surface area contributed by atoms with Gasteiger partial charge in [0, 0.05) is 11.3 Å². The first kappa shape index (κ1) is 18.5. The minimum Gasteiger partial charge on any atom is -0.466 e. The summed E-state index contributed by atoms with van der Waals surface area (Å²) in [6, 6.07) is 5.52. The van der Waals surface area contributed by atoms with Crippen LogP contribution in [0.15, 0.2) is 29.5 Å². The number of ether oxygens (including phenoxy) is 3. The van der Waals surface area contributed by atoms with E-state index < -0.39 is 11.9 Å². The molecule has 0 saturated heterocycles. The number of tetrazole rings is 1. The number of esters is 2. The summed E-state index contributed by atoms with van der Waals surface area (Å²) < 4.78 is 15.2. The summed E-state index contributed by atoms with van der Waals surface area (Å²) in [5, 5.41) is 12.0. The van der Waals surface area contributed by atoms with Crippen LogP contribution in [-0.2, 0) is 30.8 Å².